The fourth-order valence-electron chi connectivity index (χ4n) is 8.24. The summed E-state index contributed by atoms with van der Waals surface area (Å²) in [5.74, 6) is -5.28. The normalized spacial score (nSPS) is 13.3. The van der Waals surface area contributed by atoms with E-state index >= 15 is 0 Å². The summed E-state index contributed by atoms with van der Waals surface area (Å²) in [5, 5.41) is 0. The van der Waals surface area contributed by atoms with Crippen molar-refractivity contribution in [3.8, 4) is 0 Å². The van der Waals surface area contributed by atoms with Crippen molar-refractivity contribution in [3.63, 3.8) is 0 Å². The van der Waals surface area contributed by atoms with Gasteiger partial charge in [-0.25, -0.2) is 0 Å². The van der Waals surface area contributed by atoms with Crippen LogP contribution in [0.4, 0.5) is 0 Å². The first kappa shape index (κ1) is 68.2. The Morgan fingerprint density at radius 3 is 0.903 bits per heavy atom. The van der Waals surface area contributed by atoms with Crippen LogP contribution in [0, 0.1) is 23.2 Å². The van der Waals surface area contributed by atoms with Gasteiger partial charge in [-0.05, 0) is 89.8 Å². The highest BCUT2D eigenvalue weighted by atomic mass is 16.6. The van der Waals surface area contributed by atoms with Crippen molar-refractivity contribution in [2.75, 3.05) is 66.9 Å². The zero-order valence-corrected chi connectivity index (χ0v) is 46.8. The van der Waals surface area contributed by atoms with Crippen molar-refractivity contribution in [3.05, 3.63) is 0 Å². The average molecular weight is 1030 g/mol. The molecule has 420 valence electrons. The molecule has 0 spiro atoms. The van der Waals surface area contributed by atoms with Crippen molar-refractivity contribution in [1.29, 1.82) is 0 Å². The predicted molar refractivity (Wildman–Crippen MR) is 281 cm³/mol. The lowest BCUT2D eigenvalue weighted by Gasteiger charge is -2.31. The molecule has 3 unspecified atom stereocenters. The molecule has 0 rings (SSSR count). The largest absolute Gasteiger partial charge is 0.465 e. The highest BCUT2D eigenvalue weighted by Crippen LogP contribution is 2.25. The summed E-state index contributed by atoms with van der Waals surface area (Å²) in [6.07, 6.45) is 23.8. The van der Waals surface area contributed by atoms with Gasteiger partial charge in [0.2, 0.25) is 0 Å². The van der Waals surface area contributed by atoms with E-state index in [1.54, 1.807) is 0 Å². The summed E-state index contributed by atoms with van der Waals surface area (Å²) < 4.78 is 39.2. The van der Waals surface area contributed by atoms with Gasteiger partial charge < -0.3 is 38.1 Å². The van der Waals surface area contributed by atoms with Crippen molar-refractivity contribution in [1.82, 2.24) is 4.90 Å². The van der Waals surface area contributed by atoms with Gasteiger partial charge in [0.25, 0.3) is 0 Å². The molecule has 0 N–H and O–H groups in total. The van der Waals surface area contributed by atoms with E-state index in [0.717, 1.165) is 167 Å². The maximum atomic E-state index is 13.3. The van der Waals surface area contributed by atoms with Crippen LogP contribution in [0.25, 0.3) is 0 Å². The minimum Gasteiger partial charge on any atom is -0.465 e. The SMILES string of the molecule is CCCCCCC(CCCC)COC(=O)CC(=O)OCC(COC(=O)CCCCN(C)C)(COC(=O)CC(=O)OCC(CCCC)CCCCCC)COC(=O)CC(=O)OCC(CCCC)CCCCCC. The van der Waals surface area contributed by atoms with E-state index in [1.165, 1.54) is 0 Å². The number of esters is 7. The Bertz CT molecular complexity index is 1300. The molecular formula is C57H103NO14. The Labute approximate surface area is 436 Å². The van der Waals surface area contributed by atoms with Crippen LogP contribution in [0.5, 0.6) is 0 Å². The van der Waals surface area contributed by atoms with Crippen LogP contribution < -0.4 is 0 Å². The summed E-state index contributed by atoms with van der Waals surface area (Å²) in [7, 11) is 3.85. The number of carbonyl (C=O) groups is 7. The lowest BCUT2D eigenvalue weighted by molar-refractivity contribution is -0.172. The Morgan fingerprint density at radius 2 is 0.611 bits per heavy atom. The van der Waals surface area contributed by atoms with E-state index in [9.17, 15) is 33.6 Å². The van der Waals surface area contributed by atoms with Gasteiger partial charge in [0.15, 0.2) is 0 Å². The zero-order chi connectivity index (χ0) is 53.7. The van der Waals surface area contributed by atoms with Crippen LogP contribution in [0.3, 0.4) is 0 Å². The Balaban J connectivity index is 6.34. The molecule has 15 nitrogen and oxygen atoms in total. The van der Waals surface area contributed by atoms with Crippen LogP contribution in [-0.4, -0.2) is 114 Å². The third-order valence-electron chi connectivity index (χ3n) is 13.0. The molecule has 0 aromatic carbocycles. The second-order valence-electron chi connectivity index (χ2n) is 20.6. The summed E-state index contributed by atoms with van der Waals surface area (Å²) >= 11 is 0. The Morgan fingerprint density at radius 1 is 0.333 bits per heavy atom. The van der Waals surface area contributed by atoms with Gasteiger partial charge in [-0.1, -0.05) is 157 Å². The van der Waals surface area contributed by atoms with E-state index in [0.29, 0.717) is 6.42 Å². The first-order valence-corrected chi connectivity index (χ1v) is 28.4. The number of hydrogen-bond donors (Lipinski definition) is 0. The molecule has 3 atom stereocenters. The Kier molecular flexibility index (Phi) is 43.4. The monoisotopic (exact) mass is 1030 g/mol. The molecule has 0 aromatic heterocycles. The molecule has 0 aliphatic rings. The molecule has 0 bridgehead atoms. The topological polar surface area (TPSA) is 187 Å². The van der Waals surface area contributed by atoms with E-state index < -0.39 is 92.9 Å². The number of hydrogen-bond acceptors (Lipinski definition) is 15. The van der Waals surface area contributed by atoms with Gasteiger partial charge in [-0.2, -0.15) is 0 Å². The van der Waals surface area contributed by atoms with Gasteiger partial charge in [0, 0.05) is 6.42 Å². The van der Waals surface area contributed by atoms with Gasteiger partial charge in [-0.3, -0.25) is 33.6 Å². The molecule has 0 radical (unpaired) electrons. The fraction of sp³-hybridized carbons (Fsp3) is 0.877. The number of nitrogens with zero attached hydrogens (tertiary/aromatic N) is 1. The number of carbonyl (C=O) groups excluding carboxylic acids is 7. The molecule has 0 fully saturated rings. The van der Waals surface area contributed by atoms with Crippen LogP contribution in [-0.2, 0) is 66.7 Å². The summed E-state index contributed by atoms with van der Waals surface area (Å²) in [6, 6.07) is 0. The van der Waals surface area contributed by atoms with Crippen LogP contribution in [0.15, 0.2) is 0 Å². The zero-order valence-electron chi connectivity index (χ0n) is 46.8. The first-order valence-electron chi connectivity index (χ1n) is 28.4. The molecule has 0 saturated carbocycles. The molecule has 15 heteroatoms. The standard InChI is InChI=1S/C57H103NO14/c1-9-15-21-24-32-47(29-18-12-4)40-66-51(60)37-54(63)70-44-57(43-69-50(59)35-27-28-36-58(7)8,45-71-55(64)38-52(61)67-41-48(30-19-13-5)33-25-22-16-10-2)46-72-56(65)39-53(62)68-42-49(31-20-14-6)34-26-23-17-11-3/h47-49H,9-46H2,1-8H3. The summed E-state index contributed by atoms with van der Waals surface area (Å²) in [6.45, 7) is 11.6. The molecule has 0 amide bonds. The van der Waals surface area contributed by atoms with Crippen molar-refractivity contribution < 1.29 is 66.7 Å². The van der Waals surface area contributed by atoms with Crippen LogP contribution in [0.2, 0.25) is 0 Å². The van der Waals surface area contributed by atoms with E-state index in [2.05, 4.69) is 41.5 Å². The highest BCUT2D eigenvalue weighted by Gasteiger charge is 2.39. The lowest BCUT2D eigenvalue weighted by Crippen LogP contribution is -2.44. The third kappa shape index (κ3) is 39.7. The molecule has 0 aliphatic heterocycles. The minimum absolute atomic E-state index is 0.0559. The maximum Gasteiger partial charge on any atom is 0.317 e. The number of rotatable bonds is 49. The van der Waals surface area contributed by atoms with Crippen LogP contribution in [0.1, 0.15) is 234 Å². The van der Waals surface area contributed by atoms with Gasteiger partial charge >= 0.3 is 41.8 Å². The fourth-order valence-corrected chi connectivity index (χ4v) is 8.24. The summed E-state index contributed by atoms with van der Waals surface area (Å²) in [4.78, 5) is 94.0. The molecule has 0 saturated heterocycles. The average Bonchev–Trinajstić information content (AvgIpc) is 3.35. The first-order chi connectivity index (χ1) is 34.7. The van der Waals surface area contributed by atoms with Gasteiger partial charge in [0.05, 0.1) is 19.8 Å². The minimum atomic E-state index is -1.71. The molecule has 72 heavy (non-hydrogen) atoms. The molecule has 0 aliphatic carbocycles. The molecule has 0 aromatic rings. The Hall–Kier alpha value is -3.75. The molecular weight excluding hydrogens is 923 g/mol. The second kappa shape index (κ2) is 45.8. The lowest BCUT2D eigenvalue weighted by atomic mass is 9.92. The van der Waals surface area contributed by atoms with E-state index in [1.807, 2.05) is 19.0 Å². The maximum absolute atomic E-state index is 13.3. The van der Waals surface area contributed by atoms with E-state index in [4.69, 9.17) is 33.2 Å². The van der Waals surface area contributed by atoms with Crippen molar-refractivity contribution in [2.45, 2.75) is 234 Å². The molecule has 0 heterocycles. The number of ether oxygens (including phenoxy) is 7. The number of unbranched alkanes of at least 4 members (excludes halogenated alkanes) is 13. The smallest absolute Gasteiger partial charge is 0.317 e. The van der Waals surface area contributed by atoms with Gasteiger partial charge in [-0.15, -0.1) is 0 Å². The van der Waals surface area contributed by atoms with Crippen LogP contribution >= 0.6 is 0 Å². The summed E-state index contributed by atoms with van der Waals surface area (Å²) in [5.41, 5.74) is -1.71. The third-order valence-corrected chi connectivity index (χ3v) is 13.0. The predicted octanol–water partition coefficient (Wildman–Crippen LogP) is 12.0. The second-order valence-corrected chi connectivity index (χ2v) is 20.6. The van der Waals surface area contributed by atoms with E-state index in [-0.39, 0.29) is 44.0 Å². The quantitative estimate of drug-likeness (QED) is 0.0242. The van der Waals surface area contributed by atoms with Crippen molar-refractivity contribution in [2.24, 2.45) is 23.2 Å². The van der Waals surface area contributed by atoms with Crippen molar-refractivity contribution >= 4 is 41.8 Å². The highest BCUT2D eigenvalue weighted by molar-refractivity contribution is 5.92. The van der Waals surface area contributed by atoms with Gasteiger partial charge in [0.1, 0.15) is 51.1 Å².